The summed E-state index contributed by atoms with van der Waals surface area (Å²) in [6.45, 7) is 1.86. The molecule has 1 atom stereocenters. The zero-order valence-corrected chi connectivity index (χ0v) is 17.2. The standard InChI is InChI=1S/C25H19F2N3O2/c1-14-11-18-17-7-2-3-8-22(17)29-23(18)19(24(31)28-16-5-4-6-16)13-30(14)25(32)15-9-10-20(26)21(27)12-15/h2-10,12-14,29H,11H2,1H3,(H,28,31). The quantitative estimate of drug-likeness (QED) is 0.644. The van der Waals surface area contributed by atoms with E-state index in [4.69, 9.17) is 0 Å². The molecule has 0 saturated heterocycles. The number of nitrogens with one attached hydrogen (secondary N) is 2. The number of carbonyl (C=O) groups excluding carboxylic acids is 2. The molecule has 2 heterocycles. The van der Waals surface area contributed by atoms with Crippen molar-refractivity contribution in [3.8, 4) is 0 Å². The Bertz CT molecular complexity index is 1370. The number of hydrogen-bond donors (Lipinski definition) is 2. The highest BCUT2D eigenvalue weighted by molar-refractivity contribution is 6.21. The van der Waals surface area contributed by atoms with Crippen LogP contribution >= 0.6 is 0 Å². The van der Waals surface area contributed by atoms with E-state index >= 15 is 0 Å². The van der Waals surface area contributed by atoms with E-state index in [1.165, 1.54) is 17.2 Å². The maximum absolute atomic E-state index is 13.8. The largest absolute Gasteiger partial charge is 0.354 e. The molecule has 2 aliphatic rings. The van der Waals surface area contributed by atoms with Crippen molar-refractivity contribution < 1.29 is 18.4 Å². The van der Waals surface area contributed by atoms with Gasteiger partial charge in [0.1, 0.15) is 0 Å². The summed E-state index contributed by atoms with van der Waals surface area (Å²) in [6.07, 6.45) is 7.33. The molecule has 3 aromatic rings. The minimum absolute atomic E-state index is 0.00631. The molecule has 7 heteroatoms. The van der Waals surface area contributed by atoms with Gasteiger partial charge in [0, 0.05) is 34.4 Å². The Kier molecular flexibility index (Phi) is 4.74. The molecule has 0 saturated carbocycles. The zero-order chi connectivity index (χ0) is 22.4. The Morgan fingerprint density at radius 2 is 1.91 bits per heavy atom. The lowest BCUT2D eigenvalue weighted by Crippen LogP contribution is -2.35. The number of halogens is 2. The van der Waals surface area contributed by atoms with E-state index in [0.29, 0.717) is 17.8 Å². The van der Waals surface area contributed by atoms with Crippen molar-refractivity contribution in [3.63, 3.8) is 0 Å². The first-order valence-corrected chi connectivity index (χ1v) is 10.2. The predicted octanol–water partition coefficient (Wildman–Crippen LogP) is 4.44. The van der Waals surface area contributed by atoms with E-state index in [2.05, 4.69) is 10.3 Å². The van der Waals surface area contributed by atoms with Crippen LogP contribution in [0.5, 0.6) is 0 Å². The number of hydrogen-bond acceptors (Lipinski definition) is 2. The topological polar surface area (TPSA) is 65.2 Å². The minimum atomic E-state index is -1.10. The van der Waals surface area contributed by atoms with Gasteiger partial charge in [-0.25, -0.2) is 8.78 Å². The Labute approximate surface area is 182 Å². The normalized spacial score (nSPS) is 17.2. The monoisotopic (exact) mass is 431 g/mol. The fraction of sp³-hybridized carbons (Fsp3) is 0.120. The summed E-state index contributed by atoms with van der Waals surface area (Å²) in [5, 5.41) is 3.80. The number of H-pyrrole nitrogens is 1. The van der Waals surface area contributed by atoms with Gasteiger partial charge in [0.15, 0.2) is 11.6 Å². The molecule has 0 radical (unpaired) electrons. The van der Waals surface area contributed by atoms with E-state index in [-0.39, 0.29) is 23.1 Å². The molecule has 160 valence electrons. The highest BCUT2D eigenvalue weighted by atomic mass is 19.2. The SMILES string of the molecule is CC1Cc2c([nH]c3ccccc23)C(C(=O)NC2=CC=C2)=CN1C(=O)c1ccc(F)c(F)c1. The number of carbonyl (C=O) groups is 2. The average molecular weight is 431 g/mol. The fourth-order valence-corrected chi connectivity index (χ4v) is 4.05. The molecule has 2 aromatic carbocycles. The number of allylic oxidation sites excluding steroid dienone is 3. The number of fused-ring (bicyclic) bond motifs is 3. The zero-order valence-electron chi connectivity index (χ0n) is 17.2. The van der Waals surface area contributed by atoms with Crippen LogP contribution < -0.4 is 5.32 Å². The molecule has 0 spiro atoms. The Morgan fingerprint density at radius 3 is 2.62 bits per heavy atom. The molecule has 5 rings (SSSR count). The van der Waals surface area contributed by atoms with E-state index in [1.807, 2.05) is 37.3 Å². The third kappa shape index (κ3) is 3.32. The fourth-order valence-electron chi connectivity index (χ4n) is 4.05. The molecular formula is C25H19F2N3O2. The summed E-state index contributed by atoms with van der Waals surface area (Å²) in [5.74, 6) is -3.01. The van der Waals surface area contributed by atoms with E-state index in [0.717, 1.165) is 28.6 Å². The highest BCUT2D eigenvalue weighted by Crippen LogP contribution is 2.33. The Balaban J connectivity index is 1.61. The first-order chi connectivity index (χ1) is 15.4. The van der Waals surface area contributed by atoms with Crippen molar-refractivity contribution in [3.05, 3.63) is 101 Å². The summed E-state index contributed by atoms with van der Waals surface area (Å²) in [7, 11) is 0. The molecule has 5 nitrogen and oxygen atoms in total. The van der Waals surface area contributed by atoms with Crippen LogP contribution in [0.25, 0.3) is 16.5 Å². The lowest BCUT2D eigenvalue weighted by Gasteiger charge is -2.25. The predicted molar refractivity (Wildman–Crippen MR) is 117 cm³/mol. The van der Waals surface area contributed by atoms with Gasteiger partial charge in [-0.15, -0.1) is 0 Å². The summed E-state index contributed by atoms with van der Waals surface area (Å²) >= 11 is 0. The van der Waals surface area contributed by atoms with Crippen molar-refractivity contribution >= 4 is 28.3 Å². The van der Waals surface area contributed by atoms with Gasteiger partial charge in [-0.1, -0.05) is 24.3 Å². The number of rotatable bonds is 3. The van der Waals surface area contributed by atoms with E-state index in [1.54, 1.807) is 12.2 Å². The first-order valence-electron chi connectivity index (χ1n) is 10.2. The van der Waals surface area contributed by atoms with E-state index in [9.17, 15) is 18.4 Å². The third-order valence-electron chi connectivity index (χ3n) is 5.78. The van der Waals surface area contributed by atoms with Gasteiger partial charge in [-0.2, -0.15) is 0 Å². The number of para-hydroxylation sites is 1. The third-order valence-corrected chi connectivity index (χ3v) is 5.78. The maximum atomic E-state index is 13.8. The Morgan fingerprint density at radius 1 is 1.12 bits per heavy atom. The van der Waals surface area contributed by atoms with Crippen LogP contribution in [-0.4, -0.2) is 27.7 Å². The van der Waals surface area contributed by atoms with Crippen molar-refractivity contribution in [1.29, 1.82) is 0 Å². The van der Waals surface area contributed by atoms with Crippen molar-refractivity contribution in [1.82, 2.24) is 15.2 Å². The smallest absolute Gasteiger partial charge is 0.259 e. The maximum Gasteiger partial charge on any atom is 0.259 e. The van der Waals surface area contributed by atoms with Crippen molar-refractivity contribution in [2.24, 2.45) is 0 Å². The number of aromatic nitrogens is 1. The van der Waals surface area contributed by atoms with Gasteiger partial charge in [0.2, 0.25) is 0 Å². The summed E-state index contributed by atoms with van der Waals surface area (Å²) in [4.78, 5) is 31.2. The number of benzene rings is 2. The van der Waals surface area contributed by atoms with E-state index < -0.39 is 17.5 Å². The molecular weight excluding hydrogens is 412 g/mol. The van der Waals surface area contributed by atoms with Crippen LogP contribution in [-0.2, 0) is 11.2 Å². The van der Waals surface area contributed by atoms with Gasteiger partial charge >= 0.3 is 0 Å². The summed E-state index contributed by atoms with van der Waals surface area (Å²) in [6, 6.07) is 10.4. The molecule has 0 bridgehead atoms. The molecule has 1 aromatic heterocycles. The van der Waals surface area contributed by atoms with Gasteiger partial charge in [-0.05, 0) is 55.3 Å². The Hall–Kier alpha value is -4.00. The van der Waals surface area contributed by atoms with Gasteiger partial charge < -0.3 is 15.2 Å². The molecule has 1 unspecified atom stereocenters. The lowest BCUT2D eigenvalue weighted by molar-refractivity contribution is -0.114. The van der Waals surface area contributed by atoms with Crippen molar-refractivity contribution in [2.75, 3.05) is 0 Å². The lowest BCUT2D eigenvalue weighted by atomic mass is 10.0. The number of amides is 2. The summed E-state index contributed by atoms with van der Waals surface area (Å²) < 4.78 is 27.2. The number of aromatic amines is 1. The second kappa shape index (κ2) is 7.60. The first kappa shape index (κ1) is 19.9. The summed E-state index contributed by atoms with van der Waals surface area (Å²) in [5.41, 5.74) is 3.42. The molecule has 32 heavy (non-hydrogen) atoms. The van der Waals surface area contributed by atoms with Crippen LogP contribution in [0.4, 0.5) is 8.78 Å². The van der Waals surface area contributed by atoms with Crippen LogP contribution in [0.3, 0.4) is 0 Å². The molecule has 1 aliphatic carbocycles. The molecule has 0 fully saturated rings. The second-order valence-corrected chi connectivity index (χ2v) is 7.90. The number of nitrogens with zero attached hydrogens (tertiary/aromatic N) is 1. The minimum Gasteiger partial charge on any atom is -0.354 e. The second-order valence-electron chi connectivity index (χ2n) is 7.90. The van der Waals surface area contributed by atoms with Gasteiger partial charge in [-0.3, -0.25) is 9.59 Å². The van der Waals surface area contributed by atoms with Crippen LogP contribution in [0.1, 0.15) is 28.5 Å². The van der Waals surface area contributed by atoms with Crippen LogP contribution in [0, 0.1) is 11.6 Å². The van der Waals surface area contributed by atoms with Crippen LogP contribution in [0.2, 0.25) is 0 Å². The average Bonchev–Trinajstić information content (AvgIpc) is 3.03. The highest BCUT2D eigenvalue weighted by Gasteiger charge is 2.31. The van der Waals surface area contributed by atoms with Gasteiger partial charge in [0.25, 0.3) is 11.8 Å². The molecule has 2 amide bonds. The van der Waals surface area contributed by atoms with Gasteiger partial charge in [0.05, 0.1) is 11.3 Å². The molecule has 2 N–H and O–H groups in total. The van der Waals surface area contributed by atoms with Crippen LogP contribution in [0.15, 0.2) is 72.6 Å². The molecule has 1 aliphatic heterocycles. The van der Waals surface area contributed by atoms with Crippen molar-refractivity contribution in [2.45, 2.75) is 19.4 Å².